The zero-order valence-corrected chi connectivity index (χ0v) is 12.1. The van der Waals surface area contributed by atoms with Crippen molar-refractivity contribution in [2.75, 3.05) is 11.9 Å². The van der Waals surface area contributed by atoms with E-state index >= 15 is 0 Å². The SMILES string of the molecule is Cc1nn(C)c(NCC(C)(O)CC(C)C)c1[N+](=O)[O-]. The molecule has 19 heavy (non-hydrogen) atoms. The van der Waals surface area contributed by atoms with Crippen LogP contribution in [-0.4, -0.2) is 32.0 Å². The molecular formula is C12H22N4O3. The van der Waals surface area contributed by atoms with E-state index in [1.165, 1.54) is 4.68 Å². The number of aryl methyl sites for hydroxylation is 2. The lowest BCUT2D eigenvalue weighted by Gasteiger charge is -2.25. The van der Waals surface area contributed by atoms with E-state index in [9.17, 15) is 15.2 Å². The molecule has 0 aromatic carbocycles. The summed E-state index contributed by atoms with van der Waals surface area (Å²) in [5.41, 5.74) is -0.596. The van der Waals surface area contributed by atoms with Gasteiger partial charge in [0.05, 0.1) is 10.5 Å². The van der Waals surface area contributed by atoms with Gasteiger partial charge in [-0.1, -0.05) is 13.8 Å². The van der Waals surface area contributed by atoms with Crippen molar-refractivity contribution in [3.8, 4) is 0 Å². The lowest BCUT2D eigenvalue weighted by molar-refractivity contribution is -0.384. The number of aliphatic hydroxyl groups is 1. The zero-order valence-electron chi connectivity index (χ0n) is 12.1. The molecule has 0 amide bonds. The van der Waals surface area contributed by atoms with Gasteiger partial charge in [-0.15, -0.1) is 0 Å². The molecule has 108 valence electrons. The van der Waals surface area contributed by atoms with Crippen molar-refractivity contribution in [3.05, 3.63) is 15.8 Å². The molecule has 0 aliphatic rings. The van der Waals surface area contributed by atoms with Gasteiger partial charge in [0.2, 0.25) is 5.82 Å². The summed E-state index contributed by atoms with van der Waals surface area (Å²) in [5, 5.41) is 28.2. The molecule has 0 fully saturated rings. The predicted molar refractivity (Wildman–Crippen MR) is 73.2 cm³/mol. The van der Waals surface area contributed by atoms with Crippen molar-refractivity contribution in [1.82, 2.24) is 9.78 Å². The Morgan fingerprint density at radius 1 is 1.58 bits per heavy atom. The first-order valence-corrected chi connectivity index (χ1v) is 6.28. The van der Waals surface area contributed by atoms with Crippen molar-refractivity contribution >= 4 is 11.5 Å². The molecule has 0 aliphatic heterocycles. The van der Waals surface area contributed by atoms with Crippen molar-refractivity contribution < 1.29 is 10.0 Å². The first kappa shape index (κ1) is 15.4. The number of nitrogens with one attached hydrogen (secondary N) is 1. The summed E-state index contributed by atoms with van der Waals surface area (Å²) in [6.45, 7) is 7.59. The fourth-order valence-corrected chi connectivity index (χ4v) is 2.29. The minimum atomic E-state index is -0.916. The molecule has 7 heteroatoms. The van der Waals surface area contributed by atoms with Crippen LogP contribution in [0, 0.1) is 23.0 Å². The molecule has 1 aromatic heterocycles. The van der Waals surface area contributed by atoms with Crippen LogP contribution in [0.2, 0.25) is 0 Å². The third-order valence-corrected chi connectivity index (χ3v) is 2.86. The van der Waals surface area contributed by atoms with Crippen LogP contribution in [0.25, 0.3) is 0 Å². The molecule has 0 saturated heterocycles. The Hall–Kier alpha value is -1.63. The highest BCUT2D eigenvalue weighted by Gasteiger charge is 2.27. The molecule has 1 atom stereocenters. The summed E-state index contributed by atoms with van der Waals surface area (Å²) in [6.07, 6.45) is 0.616. The van der Waals surface area contributed by atoms with Gasteiger partial charge in [-0.05, 0) is 26.2 Å². The summed E-state index contributed by atoms with van der Waals surface area (Å²) < 4.78 is 1.43. The summed E-state index contributed by atoms with van der Waals surface area (Å²) >= 11 is 0. The average molecular weight is 270 g/mol. The lowest BCUT2D eigenvalue weighted by atomic mass is 9.94. The first-order valence-electron chi connectivity index (χ1n) is 6.28. The summed E-state index contributed by atoms with van der Waals surface area (Å²) in [4.78, 5) is 10.6. The van der Waals surface area contributed by atoms with Gasteiger partial charge in [0.15, 0.2) is 0 Å². The van der Waals surface area contributed by atoms with E-state index in [1.54, 1.807) is 20.9 Å². The molecule has 1 unspecified atom stereocenters. The van der Waals surface area contributed by atoms with E-state index in [1.807, 2.05) is 13.8 Å². The maximum absolute atomic E-state index is 11.0. The van der Waals surface area contributed by atoms with Gasteiger partial charge < -0.3 is 10.4 Å². The standard InChI is InChI=1S/C12H22N4O3/c1-8(2)6-12(4,17)7-13-11-10(16(18)19)9(3)14-15(11)5/h8,13,17H,6-7H2,1-5H3. The van der Waals surface area contributed by atoms with Gasteiger partial charge >= 0.3 is 5.69 Å². The quantitative estimate of drug-likeness (QED) is 0.607. The molecule has 0 bridgehead atoms. The van der Waals surface area contributed by atoms with Crippen LogP contribution in [0.1, 0.15) is 32.9 Å². The highest BCUT2D eigenvalue weighted by molar-refractivity contribution is 5.59. The summed E-state index contributed by atoms with van der Waals surface area (Å²) in [6, 6.07) is 0. The normalized spacial score (nSPS) is 14.5. The van der Waals surface area contributed by atoms with Crippen molar-refractivity contribution in [1.29, 1.82) is 0 Å². The second kappa shape index (κ2) is 5.56. The second-order valence-electron chi connectivity index (χ2n) is 5.61. The van der Waals surface area contributed by atoms with Gasteiger partial charge in [-0.2, -0.15) is 5.10 Å². The van der Waals surface area contributed by atoms with Crippen LogP contribution in [0.15, 0.2) is 0 Å². The number of aromatic nitrogens is 2. The monoisotopic (exact) mass is 270 g/mol. The number of anilines is 1. The zero-order chi connectivity index (χ0) is 14.8. The molecule has 7 nitrogen and oxygen atoms in total. The van der Waals surface area contributed by atoms with Crippen LogP contribution in [0.5, 0.6) is 0 Å². The van der Waals surface area contributed by atoms with E-state index in [2.05, 4.69) is 10.4 Å². The molecule has 0 saturated carbocycles. The Bertz CT molecular complexity index is 466. The highest BCUT2D eigenvalue weighted by Crippen LogP contribution is 2.28. The van der Waals surface area contributed by atoms with Crippen LogP contribution in [-0.2, 0) is 7.05 Å². The fraction of sp³-hybridized carbons (Fsp3) is 0.750. The van der Waals surface area contributed by atoms with Crippen molar-refractivity contribution in [3.63, 3.8) is 0 Å². The second-order valence-corrected chi connectivity index (χ2v) is 5.61. The minimum Gasteiger partial charge on any atom is -0.388 e. The third-order valence-electron chi connectivity index (χ3n) is 2.86. The maximum atomic E-state index is 11.0. The van der Waals surface area contributed by atoms with Gasteiger partial charge in [-0.3, -0.25) is 10.1 Å². The maximum Gasteiger partial charge on any atom is 0.333 e. The number of nitro groups is 1. The van der Waals surface area contributed by atoms with E-state index in [4.69, 9.17) is 0 Å². The van der Waals surface area contributed by atoms with E-state index in [-0.39, 0.29) is 12.2 Å². The Balaban J connectivity index is 2.86. The number of rotatable bonds is 6. The van der Waals surface area contributed by atoms with Gasteiger partial charge in [0.1, 0.15) is 5.69 Å². The van der Waals surface area contributed by atoms with Crippen LogP contribution < -0.4 is 5.32 Å². The number of hydrogen-bond acceptors (Lipinski definition) is 5. The van der Waals surface area contributed by atoms with Gasteiger partial charge in [0.25, 0.3) is 0 Å². The number of nitrogens with zero attached hydrogens (tertiary/aromatic N) is 3. The topological polar surface area (TPSA) is 93.2 Å². The number of hydrogen-bond donors (Lipinski definition) is 2. The molecule has 0 radical (unpaired) electrons. The van der Waals surface area contributed by atoms with E-state index in [0.717, 1.165) is 0 Å². The predicted octanol–water partition coefficient (Wildman–Crippen LogP) is 1.85. The molecule has 1 aromatic rings. The van der Waals surface area contributed by atoms with E-state index < -0.39 is 10.5 Å². The van der Waals surface area contributed by atoms with Crippen LogP contribution in [0.3, 0.4) is 0 Å². The Kier molecular flexibility index (Phi) is 4.52. The Labute approximate surface area is 112 Å². The molecule has 0 aliphatic carbocycles. The summed E-state index contributed by atoms with van der Waals surface area (Å²) in [5.74, 6) is 0.673. The Morgan fingerprint density at radius 2 is 2.16 bits per heavy atom. The molecule has 0 spiro atoms. The average Bonchev–Trinajstić information content (AvgIpc) is 2.48. The minimum absolute atomic E-state index is 0.0390. The van der Waals surface area contributed by atoms with Crippen molar-refractivity contribution in [2.24, 2.45) is 13.0 Å². The van der Waals surface area contributed by atoms with Gasteiger partial charge in [0, 0.05) is 13.6 Å². The largest absolute Gasteiger partial charge is 0.388 e. The Morgan fingerprint density at radius 3 is 2.63 bits per heavy atom. The van der Waals surface area contributed by atoms with E-state index in [0.29, 0.717) is 23.9 Å². The van der Waals surface area contributed by atoms with Crippen LogP contribution >= 0.6 is 0 Å². The highest BCUT2D eigenvalue weighted by atomic mass is 16.6. The molecular weight excluding hydrogens is 248 g/mol. The molecule has 2 N–H and O–H groups in total. The van der Waals surface area contributed by atoms with Crippen LogP contribution in [0.4, 0.5) is 11.5 Å². The van der Waals surface area contributed by atoms with Gasteiger partial charge in [-0.25, -0.2) is 4.68 Å². The molecule has 1 heterocycles. The van der Waals surface area contributed by atoms with Crippen molar-refractivity contribution in [2.45, 2.75) is 39.7 Å². The lowest BCUT2D eigenvalue weighted by Crippen LogP contribution is -2.35. The first-order chi connectivity index (χ1) is 8.64. The smallest absolute Gasteiger partial charge is 0.333 e. The molecule has 1 rings (SSSR count). The fourth-order valence-electron chi connectivity index (χ4n) is 2.29. The third kappa shape index (κ3) is 3.92. The summed E-state index contributed by atoms with van der Waals surface area (Å²) in [7, 11) is 1.64.